The van der Waals surface area contributed by atoms with E-state index in [1.54, 1.807) is 13.8 Å². The minimum atomic E-state index is -0.706. The summed E-state index contributed by atoms with van der Waals surface area (Å²) in [5.74, 6) is -0.274. The van der Waals surface area contributed by atoms with E-state index >= 15 is 0 Å². The SMILES string of the molecule is COC(=O)C(C)(C)Nc1cccc(C)c1. The third-order valence-corrected chi connectivity index (χ3v) is 2.17. The molecule has 3 nitrogen and oxygen atoms in total. The molecule has 0 atom stereocenters. The summed E-state index contributed by atoms with van der Waals surface area (Å²) < 4.78 is 4.72. The highest BCUT2D eigenvalue weighted by Gasteiger charge is 2.28. The van der Waals surface area contributed by atoms with Crippen molar-refractivity contribution in [1.29, 1.82) is 0 Å². The van der Waals surface area contributed by atoms with E-state index < -0.39 is 5.54 Å². The van der Waals surface area contributed by atoms with Crippen LogP contribution in [0.15, 0.2) is 24.3 Å². The highest BCUT2D eigenvalue weighted by Crippen LogP contribution is 2.17. The molecule has 0 bridgehead atoms. The van der Waals surface area contributed by atoms with E-state index in [2.05, 4.69) is 5.32 Å². The summed E-state index contributed by atoms with van der Waals surface area (Å²) in [4.78, 5) is 11.4. The Kier molecular flexibility index (Phi) is 3.35. The first-order valence-corrected chi connectivity index (χ1v) is 4.89. The van der Waals surface area contributed by atoms with Crippen LogP contribution in [0.4, 0.5) is 5.69 Å². The molecule has 1 aromatic carbocycles. The molecular weight excluding hydrogens is 190 g/mol. The molecule has 0 amide bonds. The lowest BCUT2D eigenvalue weighted by Gasteiger charge is -2.24. The minimum Gasteiger partial charge on any atom is -0.467 e. The predicted octanol–water partition coefficient (Wildman–Crippen LogP) is 2.36. The Morgan fingerprint density at radius 1 is 1.40 bits per heavy atom. The number of carbonyl (C=O) groups is 1. The third-order valence-electron chi connectivity index (χ3n) is 2.17. The maximum Gasteiger partial charge on any atom is 0.330 e. The Morgan fingerprint density at radius 2 is 2.07 bits per heavy atom. The second-order valence-electron chi connectivity index (χ2n) is 4.11. The van der Waals surface area contributed by atoms with Crippen LogP contribution in [0.2, 0.25) is 0 Å². The molecule has 3 heteroatoms. The summed E-state index contributed by atoms with van der Waals surface area (Å²) in [6.45, 7) is 5.60. The number of esters is 1. The van der Waals surface area contributed by atoms with E-state index in [9.17, 15) is 4.79 Å². The first-order valence-electron chi connectivity index (χ1n) is 4.89. The first-order chi connectivity index (χ1) is 6.95. The molecule has 0 spiro atoms. The zero-order valence-electron chi connectivity index (χ0n) is 9.63. The van der Waals surface area contributed by atoms with Crippen molar-refractivity contribution in [2.45, 2.75) is 26.3 Å². The summed E-state index contributed by atoms with van der Waals surface area (Å²) >= 11 is 0. The second-order valence-corrected chi connectivity index (χ2v) is 4.11. The van der Waals surface area contributed by atoms with Crippen molar-refractivity contribution < 1.29 is 9.53 Å². The van der Waals surface area contributed by atoms with Gasteiger partial charge in [0.2, 0.25) is 0 Å². The number of methoxy groups -OCH3 is 1. The molecule has 0 fully saturated rings. The zero-order valence-corrected chi connectivity index (χ0v) is 9.63. The normalized spacial score (nSPS) is 10.9. The molecule has 1 N–H and O–H groups in total. The van der Waals surface area contributed by atoms with Crippen molar-refractivity contribution in [2.24, 2.45) is 0 Å². The molecule has 82 valence electrons. The van der Waals surface area contributed by atoms with Gasteiger partial charge < -0.3 is 10.1 Å². The summed E-state index contributed by atoms with van der Waals surface area (Å²) in [6, 6.07) is 7.88. The van der Waals surface area contributed by atoms with Gasteiger partial charge in [0.25, 0.3) is 0 Å². The Hall–Kier alpha value is -1.51. The van der Waals surface area contributed by atoms with E-state index in [0.717, 1.165) is 11.3 Å². The van der Waals surface area contributed by atoms with Crippen molar-refractivity contribution in [3.63, 3.8) is 0 Å². The van der Waals surface area contributed by atoms with Gasteiger partial charge in [-0.25, -0.2) is 4.79 Å². The maximum absolute atomic E-state index is 11.4. The van der Waals surface area contributed by atoms with Crippen molar-refractivity contribution in [3.05, 3.63) is 29.8 Å². The van der Waals surface area contributed by atoms with Gasteiger partial charge in [0, 0.05) is 5.69 Å². The topological polar surface area (TPSA) is 38.3 Å². The van der Waals surface area contributed by atoms with Crippen LogP contribution in [0.5, 0.6) is 0 Å². The highest BCUT2D eigenvalue weighted by atomic mass is 16.5. The third kappa shape index (κ3) is 2.98. The van der Waals surface area contributed by atoms with Gasteiger partial charge in [-0.1, -0.05) is 12.1 Å². The molecule has 1 rings (SSSR count). The van der Waals surface area contributed by atoms with E-state index in [1.807, 2.05) is 31.2 Å². The zero-order chi connectivity index (χ0) is 11.5. The number of anilines is 1. The van der Waals surface area contributed by atoms with Gasteiger partial charge >= 0.3 is 5.97 Å². The largest absolute Gasteiger partial charge is 0.467 e. The molecule has 0 unspecified atom stereocenters. The average Bonchev–Trinajstić information content (AvgIpc) is 2.15. The fraction of sp³-hybridized carbons (Fsp3) is 0.417. The van der Waals surface area contributed by atoms with Crippen LogP contribution in [0.1, 0.15) is 19.4 Å². The summed E-state index contributed by atoms with van der Waals surface area (Å²) in [7, 11) is 1.39. The van der Waals surface area contributed by atoms with Gasteiger partial charge in [-0.05, 0) is 38.5 Å². The number of benzene rings is 1. The highest BCUT2D eigenvalue weighted by molar-refractivity contribution is 5.83. The fourth-order valence-corrected chi connectivity index (χ4v) is 1.39. The van der Waals surface area contributed by atoms with E-state index in [1.165, 1.54) is 7.11 Å². The van der Waals surface area contributed by atoms with Crippen LogP contribution >= 0.6 is 0 Å². The standard InChI is InChI=1S/C12H17NO2/c1-9-6-5-7-10(8-9)13-12(2,3)11(14)15-4/h5-8,13H,1-4H3. The molecule has 0 aliphatic rings. The number of rotatable bonds is 3. The number of aryl methyl sites for hydroxylation is 1. The molecular formula is C12H17NO2. The van der Waals surface area contributed by atoms with Gasteiger partial charge in [0.1, 0.15) is 5.54 Å². The number of carbonyl (C=O) groups excluding carboxylic acids is 1. The van der Waals surface area contributed by atoms with Crippen molar-refractivity contribution in [3.8, 4) is 0 Å². The summed E-state index contributed by atoms with van der Waals surface area (Å²) in [5.41, 5.74) is 1.37. The van der Waals surface area contributed by atoms with Crippen LogP contribution in [0.25, 0.3) is 0 Å². The van der Waals surface area contributed by atoms with Crippen LogP contribution in [0.3, 0.4) is 0 Å². The molecule has 15 heavy (non-hydrogen) atoms. The van der Waals surface area contributed by atoms with Crippen molar-refractivity contribution in [2.75, 3.05) is 12.4 Å². The molecule has 0 aromatic heterocycles. The lowest BCUT2D eigenvalue weighted by atomic mass is 10.1. The van der Waals surface area contributed by atoms with Gasteiger partial charge in [-0.2, -0.15) is 0 Å². The van der Waals surface area contributed by atoms with Gasteiger partial charge in [-0.3, -0.25) is 0 Å². The average molecular weight is 207 g/mol. The monoisotopic (exact) mass is 207 g/mol. The second kappa shape index (κ2) is 4.34. The van der Waals surface area contributed by atoms with Crippen LogP contribution < -0.4 is 5.32 Å². The van der Waals surface area contributed by atoms with Crippen LogP contribution in [-0.2, 0) is 9.53 Å². The van der Waals surface area contributed by atoms with Gasteiger partial charge in [-0.15, -0.1) is 0 Å². The van der Waals surface area contributed by atoms with Crippen LogP contribution in [0, 0.1) is 6.92 Å². The van der Waals surface area contributed by atoms with Crippen molar-refractivity contribution in [1.82, 2.24) is 0 Å². The smallest absolute Gasteiger partial charge is 0.330 e. The Bertz CT molecular complexity index is 358. The first kappa shape index (κ1) is 11.6. The molecule has 0 radical (unpaired) electrons. The van der Waals surface area contributed by atoms with Gasteiger partial charge in [0.05, 0.1) is 7.11 Å². The molecule has 0 saturated carbocycles. The Morgan fingerprint density at radius 3 is 2.60 bits per heavy atom. The van der Waals surface area contributed by atoms with E-state index in [-0.39, 0.29) is 5.97 Å². The lowest BCUT2D eigenvalue weighted by Crippen LogP contribution is -2.41. The fourth-order valence-electron chi connectivity index (χ4n) is 1.39. The van der Waals surface area contributed by atoms with Crippen molar-refractivity contribution >= 4 is 11.7 Å². The summed E-state index contributed by atoms with van der Waals surface area (Å²) in [6.07, 6.45) is 0. The summed E-state index contributed by atoms with van der Waals surface area (Å²) in [5, 5.41) is 3.14. The molecule has 0 aliphatic heterocycles. The van der Waals surface area contributed by atoms with E-state index in [0.29, 0.717) is 0 Å². The lowest BCUT2D eigenvalue weighted by molar-refractivity contribution is -0.144. The number of hydrogen-bond donors (Lipinski definition) is 1. The maximum atomic E-state index is 11.4. The molecule has 0 aliphatic carbocycles. The quantitative estimate of drug-likeness (QED) is 0.773. The molecule has 1 aromatic rings. The van der Waals surface area contributed by atoms with Gasteiger partial charge in [0.15, 0.2) is 0 Å². The minimum absolute atomic E-state index is 0.274. The Labute approximate surface area is 90.4 Å². The number of ether oxygens (including phenoxy) is 1. The Balaban J connectivity index is 2.81. The number of nitrogens with one attached hydrogen (secondary N) is 1. The predicted molar refractivity (Wildman–Crippen MR) is 60.9 cm³/mol. The number of hydrogen-bond acceptors (Lipinski definition) is 3. The van der Waals surface area contributed by atoms with Crippen LogP contribution in [-0.4, -0.2) is 18.6 Å². The molecule has 0 saturated heterocycles. The van der Waals surface area contributed by atoms with E-state index in [4.69, 9.17) is 4.74 Å². The molecule has 0 heterocycles.